The van der Waals surface area contributed by atoms with Gasteiger partial charge in [0.2, 0.25) is 34.5 Å². The molecule has 0 spiro atoms. The predicted octanol–water partition coefficient (Wildman–Crippen LogP) is 9.98. The lowest BCUT2D eigenvalue weighted by molar-refractivity contribution is 0.329. The third kappa shape index (κ3) is 5.97. The largest absolute Gasteiger partial charge is 0.504 e. The first kappa shape index (κ1) is 39.0. The van der Waals surface area contributed by atoms with Crippen LogP contribution in [0.15, 0.2) is 103 Å². The van der Waals surface area contributed by atoms with Crippen LogP contribution in [-0.2, 0) is 6.42 Å². The fourth-order valence-electron chi connectivity index (χ4n) is 8.28. The van der Waals surface area contributed by atoms with Gasteiger partial charge in [-0.1, -0.05) is 110 Å². The monoisotopic (exact) mass is 827 g/mol. The Morgan fingerprint density at radius 3 is 1.27 bits per heavy atom. The predicted molar refractivity (Wildman–Crippen MR) is 235 cm³/mol. The number of phenols is 10. The Morgan fingerprint density at radius 1 is 0.371 bits per heavy atom. The summed E-state index contributed by atoms with van der Waals surface area (Å²) in [5.41, 5.74) is 4.26. The smallest absolute Gasteiger partial charge is 0.208 e. The first-order valence-corrected chi connectivity index (χ1v) is 19.5. The molecule has 0 aliphatic heterocycles. The van der Waals surface area contributed by atoms with Crippen LogP contribution in [0.1, 0.15) is 24.5 Å². The fourth-order valence-corrected chi connectivity index (χ4v) is 8.28. The second-order valence-electron chi connectivity index (χ2n) is 15.0. The van der Waals surface area contributed by atoms with E-state index in [-0.39, 0.29) is 5.82 Å². The standard InChI is InChI=1S/C49H37N3O10/c1-3-9-25-20-23(24-17-19-33-31-12-5-4-10-29(31)30-11-6-7-13-32(30)34(33)21-24)16-18-28(25)26-14-8-15-27(22(26)2)47-50-48(35-37(53)41(57)45(61)42(58)38(35)54)52-49(51-47)36-39(55)43(59)46(62)44(60)40(36)56/h4-8,10-21,53-62H,3,9H2,1-2H3. The lowest BCUT2D eigenvalue weighted by Crippen LogP contribution is -2.03. The van der Waals surface area contributed by atoms with Gasteiger partial charge in [-0.2, -0.15) is 0 Å². The molecule has 0 aliphatic carbocycles. The molecule has 0 fully saturated rings. The van der Waals surface area contributed by atoms with Crippen LogP contribution >= 0.6 is 0 Å². The van der Waals surface area contributed by atoms with E-state index in [1.165, 1.54) is 26.9 Å². The molecule has 13 nitrogen and oxygen atoms in total. The van der Waals surface area contributed by atoms with Crippen LogP contribution in [0.2, 0.25) is 0 Å². The number of rotatable bonds is 7. The van der Waals surface area contributed by atoms with Gasteiger partial charge in [0.05, 0.1) is 0 Å². The number of aryl methyl sites for hydroxylation is 1. The fraction of sp³-hybridized carbons (Fsp3) is 0.0816. The van der Waals surface area contributed by atoms with Crippen molar-refractivity contribution in [1.82, 2.24) is 15.0 Å². The third-order valence-electron chi connectivity index (χ3n) is 11.4. The summed E-state index contributed by atoms with van der Waals surface area (Å²) in [7, 11) is 0. The van der Waals surface area contributed by atoms with Gasteiger partial charge in [-0.25, -0.2) is 15.0 Å². The summed E-state index contributed by atoms with van der Waals surface area (Å²) in [6.07, 6.45) is 1.56. The van der Waals surface area contributed by atoms with Gasteiger partial charge in [0, 0.05) is 5.56 Å². The molecule has 62 heavy (non-hydrogen) atoms. The SMILES string of the molecule is CCCc1cc(-c2ccc3c4ccccc4c4ccccc4c3c2)ccc1-c1cccc(-c2nc(-c3c(O)c(O)c(O)c(O)c3O)nc(-c3c(O)c(O)c(O)c(O)c3O)n2)c1C. The van der Waals surface area contributed by atoms with E-state index in [1.807, 2.05) is 13.0 Å². The highest BCUT2D eigenvalue weighted by molar-refractivity contribution is 6.25. The van der Waals surface area contributed by atoms with Crippen molar-refractivity contribution in [2.24, 2.45) is 0 Å². The minimum atomic E-state index is -1.23. The van der Waals surface area contributed by atoms with Gasteiger partial charge < -0.3 is 51.1 Å². The first-order valence-electron chi connectivity index (χ1n) is 19.5. The first-order chi connectivity index (χ1) is 29.8. The van der Waals surface area contributed by atoms with Crippen molar-refractivity contribution in [2.45, 2.75) is 26.7 Å². The van der Waals surface area contributed by atoms with Gasteiger partial charge >= 0.3 is 0 Å². The van der Waals surface area contributed by atoms with E-state index in [1.54, 1.807) is 12.1 Å². The molecule has 0 saturated heterocycles. The lowest BCUT2D eigenvalue weighted by atomic mass is 9.88. The molecule has 9 rings (SSSR count). The highest BCUT2D eigenvalue weighted by Gasteiger charge is 2.31. The van der Waals surface area contributed by atoms with Gasteiger partial charge in [-0.05, 0) is 85.1 Å². The Hall–Kier alpha value is -8.45. The van der Waals surface area contributed by atoms with Crippen molar-refractivity contribution in [3.05, 3.63) is 114 Å². The van der Waals surface area contributed by atoms with Crippen LogP contribution in [0.4, 0.5) is 0 Å². The van der Waals surface area contributed by atoms with E-state index in [0.29, 0.717) is 11.1 Å². The zero-order valence-corrected chi connectivity index (χ0v) is 33.0. The summed E-state index contributed by atoms with van der Waals surface area (Å²) in [5.74, 6) is -13.4. The number of aromatic hydroxyl groups is 10. The van der Waals surface area contributed by atoms with Gasteiger partial charge in [-0.3, -0.25) is 0 Å². The van der Waals surface area contributed by atoms with Crippen LogP contribution in [-0.4, -0.2) is 66.0 Å². The number of hydrogen-bond acceptors (Lipinski definition) is 13. The number of phenolic OH excluding ortho intramolecular Hbond substituents is 10. The van der Waals surface area contributed by atoms with Crippen molar-refractivity contribution in [3.8, 4) is 114 Å². The van der Waals surface area contributed by atoms with Gasteiger partial charge in [0.1, 0.15) is 11.1 Å². The van der Waals surface area contributed by atoms with Crippen LogP contribution in [0.25, 0.3) is 88.7 Å². The molecule has 9 aromatic rings. The molecule has 1 aromatic heterocycles. The molecule has 0 amide bonds. The van der Waals surface area contributed by atoms with Gasteiger partial charge in [0.25, 0.3) is 0 Å². The van der Waals surface area contributed by atoms with E-state index in [0.717, 1.165) is 46.0 Å². The molecule has 0 aliphatic rings. The molecule has 0 saturated carbocycles. The van der Waals surface area contributed by atoms with Gasteiger partial charge in [0.15, 0.2) is 40.5 Å². The van der Waals surface area contributed by atoms with Crippen LogP contribution in [0, 0.1) is 6.92 Å². The summed E-state index contributed by atoms with van der Waals surface area (Å²) in [4.78, 5) is 13.0. The average molecular weight is 828 g/mol. The Labute approximate surface area is 352 Å². The topological polar surface area (TPSA) is 241 Å². The average Bonchev–Trinajstić information content (AvgIpc) is 3.29. The quantitative estimate of drug-likeness (QED) is 0.0409. The number of fused-ring (bicyclic) bond motifs is 6. The van der Waals surface area contributed by atoms with Crippen molar-refractivity contribution in [1.29, 1.82) is 0 Å². The summed E-state index contributed by atoms with van der Waals surface area (Å²) in [6, 6.07) is 35.0. The minimum Gasteiger partial charge on any atom is -0.504 e. The van der Waals surface area contributed by atoms with Gasteiger partial charge in [-0.15, -0.1) is 0 Å². The maximum atomic E-state index is 10.9. The van der Waals surface area contributed by atoms with E-state index >= 15 is 0 Å². The molecule has 0 radical (unpaired) electrons. The van der Waals surface area contributed by atoms with Crippen molar-refractivity contribution < 1.29 is 51.1 Å². The molecule has 10 N–H and O–H groups in total. The van der Waals surface area contributed by atoms with Crippen molar-refractivity contribution >= 4 is 32.3 Å². The molecule has 1 heterocycles. The zero-order valence-electron chi connectivity index (χ0n) is 33.0. The van der Waals surface area contributed by atoms with E-state index in [2.05, 4.69) is 107 Å². The third-order valence-corrected chi connectivity index (χ3v) is 11.4. The second-order valence-corrected chi connectivity index (χ2v) is 15.0. The van der Waals surface area contributed by atoms with Crippen molar-refractivity contribution in [2.75, 3.05) is 0 Å². The van der Waals surface area contributed by atoms with E-state index in [4.69, 9.17) is 0 Å². The van der Waals surface area contributed by atoms with Crippen LogP contribution in [0.3, 0.4) is 0 Å². The van der Waals surface area contributed by atoms with Crippen LogP contribution in [0.5, 0.6) is 57.5 Å². The molecule has 8 aromatic carbocycles. The summed E-state index contributed by atoms with van der Waals surface area (Å²) in [5, 5.41) is 112. The van der Waals surface area contributed by atoms with Crippen LogP contribution < -0.4 is 0 Å². The maximum absolute atomic E-state index is 10.9. The Bertz CT molecular complexity index is 3170. The normalized spacial score (nSPS) is 11.5. The molecule has 13 heteroatoms. The van der Waals surface area contributed by atoms with E-state index < -0.39 is 80.3 Å². The number of aromatic nitrogens is 3. The zero-order chi connectivity index (χ0) is 43.7. The Balaban J connectivity index is 1.22. The number of hydrogen-bond donors (Lipinski definition) is 10. The maximum Gasteiger partial charge on any atom is 0.208 e. The van der Waals surface area contributed by atoms with E-state index in [9.17, 15) is 51.1 Å². The molecule has 0 bridgehead atoms. The Kier molecular flexibility index (Phi) is 9.24. The molecule has 0 unspecified atom stereocenters. The summed E-state index contributed by atoms with van der Waals surface area (Å²) in [6.45, 7) is 3.91. The number of benzene rings is 8. The lowest BCUT2D eigenvalue weighted by Gasteiger charge is -2.18. The number of nitrogens with zero attached hydrogens (tertiary/aromatic N) is 3. The Morgan fingerprint density at radius 2 is 0.774 bits per heavy atom. The molecule has 0 atom stereocenters. The molecule has 308 valence electrons. The second kappa shape index (κ2) is 14.7. The molecular weight excluding hydrogens is 791 g/mol. The summed E-state index contributed by atoms with van der Waals surface area (Å²) >= 11 is 0. The van der Waals surface area contributed by atoms with Crippen molar-refractivity contribution in [3.63, 3.8) is 0 Å². The highest BCUT2D eigenvalue weighted by atomic mass is 16.4. The minimum absolute atomic E-state index is 0.189. The summed E-state index contributed by atoms with van der Waals surface area (Å²) < 4.78 is 0. The highest BCUT2D eigenvalue weighted by Crippen LogP contribution is 2.56. The molecular formula is C49H37N3O10.